The molecule has 4 nitrogen and oxygen atoms in total. The van der Waals surface area contributed by atoms with Crippen LogP contribution in [-0.2, 0) is 6.54 Å². The van der Waals surface area contributed by atoms with Crippen LogP contribution in [0.2, 0.25) is 0 Å². The molecule has 0 aliphatic rings. The highest BCUT2D eigenvalue weighted by Crippen LogP contribution is 2.17. The van der Waals surface area contributed by atoms with Crippen molar-refractivity contribution in [3.05, 3.63) is 54.5 Å². The Kier molecular flexibility index (Phi) is 2.26. The van der Waals surface area contributed by atoms with Gasteiger partial charge in [-0.1, -0.05) is 30.3 Å². The smallest absolute Gasteiger partial charge is 0.151 e. The van der Waals surface area contributed by atoms with Crippen LogP contribution in [0.15, 0.2) is 48.9 Å². The maximum absolute atomic E-state index is 5.78. The van der Waals surface area contributed by atoms with Crippen molar-refractivity contribution in [2.24, 2.45) is 0 Å². The summed E-state index contributed by atoms with van der Waals surface area (Å²) in [5, 5.41) is 0. The third-order valence-electron chi connectivity index (χ3n) is 2.76. The molecule has 2 N–H and O–H groups in total. The fourth-order valence-corrected chi connectivity index (χ4v) is 1.92. The molecule has 3 rings (SSSR count). The largest absolute Gasteiger partial charge is 0.382 e. The standard InChI is InChI=1S/C13H12N4/c14-13-12-11(6-7-15-13)17(9-16-12)8-10-4-2-1-3-5-10/h1-7,9H,8H2,(H2,14,15). The van der Waals surface area contributed by atoms with Crippen LogP contribution in [0, 0.1) is 0 Å². The Labute approximate surface area is 98.7 Å². The molecule has 17 heavy (non-hydrogen) atoms. The van der Waals surface area contributed by atoms with Crippen molar-refractivity contribution in [3.8, 4) is 0 Å². The summed E-state index contributed by atoms with van der Waals surface area (Å²) in [5.41, 5.74) is 8.80. The molecule has 0 aliphatic carbocycles. The maximum atomic E-state index is 5.78. The third-order valence-corrected chi connectivity index (χ3v) is 2.76. The van der Waals surface area contributed by atoms with E-state index in [9.17, 15) is 0 Å². The quantitative estimate of drug-likeness (QED) is 0.724. The molecule has 0 unspecified atom stereocenters. The van der Waals surface area contributed by atoms with Gasteiger partial charge in [0.1, 0.15) is 5.52 Å². The van der Waals surface area contributed by atoms with Crippen LogP contribution in [0.1, 0.15) is 5.56 Å². The lowest BCUT2D eigenvalue weighted by Crippen LogP contribution is -1.98. The minimum atomic E-state index is 0.481. The zero-order valence-corrected chi connectivity index (χ0v) is 9.24. The van der Waals surface area contributed by atoms with Gasteiger partial charge < -0.3 is 10.3 Å². The summed E-state index contributed by atoms with van der Waals surface area (Å²) in [6, 6.07) is 12.2. The van der Waals surface area contributed by atoms with E-state index >= 15 is 0 Å². The maximum Gasteiger partial charge on any atom is 0.151 e. The minimum absolute atomic E-state index is 0.481. The molecule has 0 spiro atoms. The van der Waals surface area contributed by atoms with E-state index in [1.165, 1.54) is 5.56 Å². The van der Waals surface area contributed by atoms with Crippen LogP contribution in [0.5, 0.6) is 0 Å². The molecule has 0 fully saturated rings. The van der Waals surface area contributed by atoms with Gasteiger partial charge in [-0.15, -0.1) is 0 Å². The Bertz CT molecular complexity index is 643. The van der Waals surface area contributed by atoms with Gasteiger partial charge in [-0.05, 0) is 11.6 Å². The summed E-state index contributed by atoms with van der Waals surface area (Å²) in [4.78, 5) is 8.32. The van der Waals surface area contributed by atoms with Crippen molar-refractivity contribution >= 4 is 16.9 Å². The lowest BCUT2D eigenvalue weighted by molar-refractivity contribution is 0.824. The Balaban J connectivity index is 2.05. The van der Waals surface area contributed by atoms with Crippen molar-refractivity contribution in [2.45, 2.75) is 6.54 Å². The van der Waals surface area contributed by atoms with Crippen LogP contribution in [-0.4, -0.2) is 14.5 Å². The fourth-order valence-electron chi connectivity index (χ4n) is 1.92. The molecule has 84 valence electrons. The summed E-state index contributed by atoms with van der Waals surface area (Å²) in [6.45, 7) is 0.792. The Morgan fingerprint density at radius 3 is 2.71 bits per heavy atom. The number of nitrogen functional groups attached to an aromatic ring is 1. The van der Waals surface area contributed by atoms with Crippen LogP contribution >= 0.6 is 0 Å². The molecule has 0 saturated heterocycles. The monoisotopic (exact) mass is 224 g/mol. The highest BCUT2D eigenvalue weighted by Gasteiger charge is 2.05. The highest BCUT2D eigenvalue weighted by atomic mass is 15.1. The highest BCUT2D eigenvalue weighted by molar-refractivity contribution is 5.84. The molecule has 2 heterocycles. The lowest BCUT2D eigenvalue weighted by Gasteiger charge is -2.04. The Morgan fingerprint density at radius 2 is 1.88 bits per heavy atom. The first-order valence-corrected chi connectivity index (χ1v) is 5.44. The van der Waals surface area contributed by atoms with Gasteiger partial charge in [-0.3, -0.25) is 0 Å². The van der Waals surface area contributed by atoms with Gasteiger partial charge in [-0.25, -0.2) is 9.97 Å². The summed E-state index contributed by atoms with van der Waals surface area (Å²) in [7, 11) is 0. The van der Waals surface area contributed by atoms with Gasteiger partial charge in [0.15, 0.2) is 5.82 Å². The predicted octanol–water partition coefficient (Wildman–Crippen LogP) is 2.06. The number of aromatic nitrogens is 3. The normalized spacial score (nSPS) is 10.8. The van der Waals surface area contributed by atoms with Crippen molar-refractivity contribution in [3.63, 3.8) is 0 Å². The number of benzene rings is 1. The predicted molar refractivity (Wildman–Crippen MR) is 67.5 cm³/mol. The van der Waals surface area contributed by atoms with Crippen LogP contribution in [0.25, 0.3) is 11.0 Å². The second-order valence-electron chi connectivity index (χ2n) is 3.92. The van der Waals surface area contributed by atoms with Gasteiger partial charge in [0.2, 0.25) is 0 Å². The van der Waals surface area contributed by atoms with Gasteiger partial charge in [-0.2, -0.15) is 0 Å². The molecule has 0 saturated carbocycles. The van der Waals surface area contributed by atoms with Crippen LogP contribution in [0.3, 0.4) is 0 Å². The number of nitrogens with two attached hydrogens (primary N) is 1. The first-order chi connectivity index (χ1) is 8.34. The van der Waals surface area contributed by atoms with E-state index in [1.54, 1.807) is 12.5 Å². The van der Waals surface area contributed by atoms with E-state index in [0.717, 1.165) is 17.6 Å². The average molecular weight is 224 g/mol. The van der Waals surface area contributed by atoms with Gasteiger partial charge in [0, 0.05) is 12.7 Å². The van der Waals surface area contributed by atoms with E-state index in [1.807, 2.05) is 24.3 Å². The number of rotatable bonds is 2. The number of hydrogen-bond acceptors (Lipinski definition) is 3. The summed E-state index contributed by atoms with van der Waals surface area (Å²) >= 11 is 0. The zero-order chi connectivity index (χ0) is 11.7. The molecule has 4 heteroatoms. The topological polar surface area (TPSA) is 56.7 Å². The summed E-state index contributed by atoms with van der Waals surface area (Å²) in [6.07, 6.45) is 3.51. The van der Waals surface area contributed by atoms with E-state index in [4.69, 9.17) is 5.73 Å². The summed E-state index contributed by atoms with van der Waals surface area (Å²) in [5.74, 6) is 0.481. The van der Waals surface area contributed by atoms with E-state index in [2.05, 4.69) is 26.7 Å². The SMILES string of the molecule is Nc1nccc2c1ncn2Cc1ccccc1. The molecule has 0 aliphatic heterocycles. The second kappa shape index (κ2) is 3.90. The molecular weight excluding hydrogens is 212 g/mol. The number of pyridine rings is 1. The molecular formula is C13H12N4. The lowest BCUT2D eigenvalue weighted by atomic mass is 10.2. The number of anilines is 1. The number of imidazole rings is 1. The number of nitrogens with zero attached hydrogens (tertiary/aromatic N) is 3. The van der Waals surface area contributed by atoms with Crippen LogP contribution in [0.4, 0.5) is 5.82 Å². The van der Waals surface area contributed by atoms with Crippen molar-refractivity contribution in [1.29, 1.82) is 0 Å². The van der Waals surface area contributed by atoms with E-state index < -0.39 is 0 Å². The Hall–Kier alpha value is -2.36. The molecule has 0 amide bonds. The van der Waals surface area contributed by atoms with Crippen molar-refractivity contribution in [2.75, 3.05) is 5.73 Å². The summed E-state index contributed by atoms with van der Waals surface area (Å²) < 4.78 is 2.07. The second-order valence-corrected chi connectivity index (χ2v) is 3.92. The van der Waals surface area contributed by atoms with Gasteiger partial charge in [0.05, 0.1) is 11.8 Å². The van der Waals surface area contributed by atoms with Gasteiger partial charge in [0.25, 0.3) is 0 Å². The molecule has 0 bridgehead atoms. The van der Waals surface area contributed by atoms with Crippen molar-refractivity contribution < 1.29 is 0 Å². The van der Waals surface area contributed by atoms with Crippen LogP contribution < -0.4 is 5.73 Å². The molecule has 0 atom stereocenters. The first kappa shape index (κ1) is 9.84. The Morgan fingerprint density at radius 1 is 1.06 bits per heavy atom. The third kappa shape index (κ3) is 1.73. The van der Waals surface area contributed by atoms with E-state index in [-0.39, 0.29) is 0 Å². The van der Waals surface area contributed by atoms with Crippen molar-refractivity contribution in [1.82, 2.24) is 14.5 Å². The zero-order valence-electron chi connectivity index (χ0n) is 9.24. The molecule has 1 aromatic carbocycles. The van der Waals surface area contributed by atoms with Gasteiger partial charge >= 0.3 is 0 Å². The number of hydrogen-bond donors (Lipinski definition) is 1. The molecule has 2 aromatic heterocycles. The molecule has 0 radical (unpaired) electrons. The minimum Gasteiger partial charge on any atom is -0.382 e. The molecule has 3 aromatic rings. The van der Waals surface area contributed by atoms with E-state index in [0.29, 0.717) is 5.82 Å². The first-order valence-electron chi connectivity index (χ1n) is 5.44. The fraction of sp³-hybridized carbons (Fsp3) is 0.0769. The number of fused-ring (bicyclic) bond motifs is 1. The average Bonchev–Trinajstić information content (AvgIpc) is 2.76.